The lowest BCUT2D eigenvalue weighted by Gasteiger charge is -2.21. The molecule has 18 heavy (non-hydrogen) atoms. The Bertz CT molecular complexity index is 410. The lowest BCUT2D eigenvalue weighted by Crippen LogP contribution is -2.42. The molecule has 1 amide bonds. The number of benzene rings is 1. The molecule has 100 valence electrons. The van der Waals surface area contributed by atoms with E-state index in [1.807, 2.05) is 13.8 Å². The molecule has 3 nitrogen and oxygen atoms in total. The van der Waals surface area contributed by atoms with Crippen molar-refractivity contribution in [3.05, 3.63) is 34.9 Å². The minimum Gasteiger partial charge on any atom is -0.294 e. The lowest BCUT2D eigenvalue weighted by atomic mass is 9.96. The first-order valence-electron chi connectivity index (χ1n) is 6.01. The summed E-state index contributed by atoms with van der Waals surface area (Å²) < 4.78 is 0. The van der Waals surface area contributed by atoms with Crippen LogP contribution in [0.15, 0.2) is 18.2 Å². The molecule has 0 aromatic heterocycles. The van der Waals surface area contributed by atoms with Gasteiger partial charge in [0, 0.05) is 11.5 Å². The van der Waals surface area contributed by atoms with Crippen LogP contribution in [0, 0.1) is 19.3 Å². The molecule has 0 fully saturated rings. The van der Waals surface area contributed by atoms with E-state index in [2.05, 4.69) is 37.5 Å². The van der Waals surface area contributed by atoms with Gasteiger partial charge in [-0.05, 0) is 19.4 Å². The van der Waals surface area contributed by atoms with Crippen LogP contribution in [0.2, 0.25) is 0 Å². The number of hydrazine groups is 1. The van der Waals surface area contributed by atoms with Crippen molar-refractivity contribution in [2.45, 2.75) is 33.4 Å². The molecule has 3 N–H and O–H groups in total. The molecular formula is C14H22N2OS. The Morgan fingerprint density at radius 1 is 1.28 bits per heavy atom. The molecule has 0 bridgehead atoms. The molecule has 0 spiro atoms. The molecule has 0 heterocycles. The highest BCUT2D eigenvalue weighted by atomic mass is 32.2. The van der Waals surface area contributed by atoms with Crippen molar-refractivity contribution >= 4 is 17.7 Å². The minimum atomic E-state index is -0.432. The number of nitrogens with one attached hydrogen (secondary N) is 1. The first-order chi connectivity index (χ1) is 8.35. The van der Waals surface area contributed by atoms with Crippen molar-refractivity contribution in [1.29, 1.82) is 0 Å². The maximum Gasteiger partial charge on any atom is 0.240 e. The summed E-state index contributed by atoms with van der Waals surface area (Å²) in [7, 11) is 0. The maximum atomic E-state index is 11.5. The molecule has 1 aromatic carbocycles. The fourth-order valence-corrected chi connectivity index (χ4v) is 2.98. The maximum absolute atomic E-state index is 11.5. The summed E-state index contributed by atoms with van der Waals surface area (Å²) in [4.78, 5) is 11.5. The third-order valence-electron chi connectivity index (χ3n) is 2.76. The first kappa shape index (κ1) is 15.1. The summed E-state index contributed by atoms with van der Waals surface area (Å²) in [6, 6.07) is 6.55. The fourth-order valence-electron chi connectivity index (χ4n) is 1.84. The number of amides is 1. The highest BCUT2D eigenvalue weighted by molar-refractivity contribution is 7.98. The molecule has 0 unspecified atom stereocenters. The second kappa shape index (κ2) is 6.25. The average Bonchev–Trinajstić information content (AvgIpc) is 2.26. The molecule has 0 saturated carbocycles. The zero-order valence-electron chi connectivity index (χ0n) is 11.5. The molecule has 0 saturated heterocycles. The third-order valence-corrected chi connectivity index (χ3v) is 4.22. The van der Waals surface area contributed by atoms with E-state index in [1.165, 1.54) is 16.7 Å². The monoisotopic (exact) mass is 266 g/mol. The Hall–Kier alpha value is -1.00. The van der Waals surface area contributed by atoms with Gasteiger partial charge in [0.05, 0.1) is 5.41 Å². The van der Waals surface area contributed by atoms with Gasteiger partial charge in [0.1, 0.15) is 0 Å². The van der Waals surface area contributed by atoms with Crippen LogP contribution in [0.25, 0.3) is 0 Å². The Balaban J connectivity index is 2.53. The topological polar surface area (TPSA) is 55.1 Å². The standard InChI is InChI=1S/C14H22N2OS/c1-10-5-11(2)7-12(6-10)8-18-9-14(3,4)13(17)16-15/h5-7H,8-9,15H2,1-4H3,(H,16,17). The molecule has 1 rings (SSSR count). The van der Waals surface area contributed by atoms with E-state index in [-0.39, 0.29) is 5.91 Å². The number of hydrogen-bond donors (Lipinski definition) is 2. The fraction of sp³-hybridized carbons (Fsp3) is 0.500. The van der Waals surface area contributed by atoms with Crippen LogP contribution >= 0.6 is 11.8 Å². The summed E-state index contributed by atoms with van der Waals surface area (Å²) in [5.41, 5.74) is 5.66. The van der Waals surface area contributed by atoms with E-state index >= 15 is 0 Å². The van der Waals surface area contributed by atoms with Gasteiger partial charge in [-0.2, -0.15) is 11.8 Å². The molecule has 1 aromatic rings. The Labute approximate surface area is 113 Å². The van der Waals surface area contributed by atoms with E-state index < -0.39 is 5.41 Å². The van der Waals surface area contributed by atoms with E-state index in [9.17, 15) is 4.79 Å². The largest absolute Gasteiger partial charge is 0.294 e. The van der Waals surface area contributed by atoms with Gasteiger partial charge in [0.25, 0.3) is 0 Å². The zero-order valence-corrected chi connectivity index (χ0v) is 12.4. The molecule has 0 aliphatic carbocycles. The normalized spacial score (nSPS) is 11.4. The van der Waals surface area contributed by atoms with Crippen molar-refractivity contribution in [3.63, 3.8) is 0 Å². The number of carbonyl (C=O) groups excluding carboxylic acids is 1. The minimum absolute atomic E-state index is 0.115. The smallest absolute Gasteiger partial charge is 0.240 e. The van der Waals surface area contributed by atoms with Crippen LogP contribution in [0.3, 0.4) is 0 Å². The van der Waals surface area contributed by atoms with Crippen LogP contribution in [0.5, 0.6) is 0 Å². The van der Waals surface area contributed by atoms with Gasteiger partial charge in [-0.3, -0.25) is 10.2 Å². The Morgan fingerprint density at radius 3 is 2.33 bits per heavy atom. The quantitative estimate of drug-likeness (QED) is 0.489. The summed E-state index contributed by atoms with van der Waals surface area (Å²) in [5, 5.41) is 0. The molecular weight excluding hydrogens is 244 g/mol. The van der Waals surface area contributed by atoms with Crippen molar-refractivity contribution in [3.8, 4) is 0 Å². The van der Waals surface area contributed by atoms with Gasteiger partial charge in [-0.25, -0.2) is 5.84 Å². The SMILES string of the molecule is Cc1cc(C)cc(CSCC(C)(C)C(=O)NN)c1. The van der Waals surface area contributed by atoms with Crippen LogP contribution in [0.4, 0.5) is 0 Å². The van der Waals surface area contributed by atoms with E-state index in [1.54, 1.807) is 11.8 Å². The van der Waals surface area contributed by atoms with Crippen molar-refractivity contribution in [2.24, 2.45) is 11.3 Å². The highest BCUT2D eigenvalue weighted by Gasteiger charge is 2.26. The predicted molar refractivity (Wildman–Crippen MR) is 78.2 cm³/mol. The molecule has 4 heteroatoms. The van der Waals surface area contributed by atoms with Gasteiger partial charge in [-0.1, -0.05) is 43.2 Å². The molecule has 0 radical (unpaired) electrons. The van der Waals surface area contributed by atoms with Crippen molar-refractivity contribution in [1.82, 2.24) is 5.43 Å². The van der Waals surface area contributed by atoms with Crippen LogP contribution in [0.1, 0.15) is 30.5 Å². The van der Waals surface area contributed by atoms with Crippen molar-refractivity contribution < 1.29 is 4.79 Å². The van der Waals surface area contributed by atoms with E-state index in [4.69, 9.17) is 5.84 Å². The van der Waals surface area contributed by atoms with Gasteiger partial charge < -0.3 is 0 Å². The summed E-state index contributed by atoms with van der Waals surface area (Å²) in [5.74, 6) is 6.73. The number of thioether (sulfide) groups is 1. The summed E-state index contributed by atoms with van der Waals surface area (Å²) in [6.45, 7) is 8.02. The third kappa shape index (κ3) is 4.35. The van der Waals surface area contributed by atoms with Gasteiger partial charge in [0.15, 0.2) is 0 Å². The van der Waals surface area contributed by atoms with Crippen LogP contribution < -0.4 is 11.3 Å². The van der Waals surface area contributed by atoms with Gasteiger partial charge in [-0.15, -0.1) is 0 Å². The number of rotatable bonds is 5. The number of aryl methyl sites for hydroxylation is 2. The number of nitrogens with two attached hydrogens (primary N) is 1. The molecule has 0 aliphatic heterocycles. The Kier molecular flexibility index (Phi) is 5.23. The van der Waals surface area contributed by atoms with E-state index in [0.29, 0.717) is 0 Å². The average molecular weight is 266 g/mol. The van der Waals surface area contributed by atoms with Gasteiger partial charge in [0.2, 0.25) is 5.91 Å². The second-order valence-corrected chi connectivity index (χ2v) is 6.33. The molecule has 0 atom stereocenters. The number of carbonyl (C=O) groups is 1. The van der Waals surface area contributed by atoms with Gasteiger partial charge >= 0.3 is 0 Å². The van der Waals surface area contributed by atoms with E-state index in [0.717, 1.165) is 11.5 Å². The second-order valence-electron chi connectivity index (χ2n) is 5.35. The van der Waals surface area contributed by atoms with Crippen LogP contribution in [-0.2, 0) is 10.5 Å². The summed E-state index contributed by atoms with van der Waals surface area (Å²) in [6.07, 6.45) is 0. The predicted octanol–water partition coefficient (Wildman–Crippen LogP) is 2.55. The van der Waals surface area contributed by atoms with Crippen LogP contribution in [-0.4, -0.2) is 11.7 Å². The van der Waals surface area contributed by atoms with Crippen molar-refractivity contribution in [2.75, 3.05) is 5.75 Å². The Morgan fingerprint density at radius 2 is 1.83 bits per heavy atom. The molecule has 0 aliphatic rings. The zero-order chi connectivity index (χ0) is 13.8. The summed E-state index contributed by atoms with van der Waals surface area (Å²) >= 11 is 1.76. The lowest BCUT2D eigenvalue weighted by molar-refractivity contribution is -0.128. The number of hydrogen-bond acceptors (Lipinski definition) is 3. The highest BCUT2D eigenvalue weighted by Crippen LogP contribution is 2.25. The first-order valence-corrected chi connectivity index (χ1v) is 7.16.